The Morgan fingerprint density at radius 3 is 2.33 bits per heavy atom. The molecule has 18 heavy (non-hydrogen) atoms. The van der Waals surface area contributed by atoms with Gasteiger partial charge in [0.2, 0.25) is 0 Å². The van der Waals surface area contributed by atoms with Crippen LogP contribution in [0.2, 0.25) is 0 Å². The minimum Gasteiger partial charge on any atom is -0.389 e. The predicted octanol–water partition coefficient (Wildman–Crippen LogP) is 2.72. The summed E-state index contributed by atoms with van der Waals surface area (Å²) in [4.78, 5) is 0. The molecule has 0 aromatic heterocycles. The van der Waals surface area contributed by atoms with Crippen LogP contribution in [0.1, 0.15) is 60.3 Å². The van der Waals surface area contributed by atoms with Gasteiger partial charge in [-0.15, -0.1) is 0 Å². The zero-order valence-electron chi connectivity index (χ0n) is 12.8. The molecule has 1 aliphatic rings. The Labute approximate surface area is 112 Å². The van der Waals surface area contributed by atoms with E-state index in [0.29, 0.717) is 18.7 Å². The first kappa shape index (κ1) is 15.9. The largest absolute Gasteiger partial charge is 0.389 e. The molecule has 0 aliphatic heterocycles. The van der Waals surface area contributed by atoms with Crippen LogP contribution in [0.3, 0.4) is 0 Å². The molecule has 1 aliphatic carbocycles. The maximum Gasteiger partial charge on any atom is 0.0766 e. The molecule has 108 valence electrons. The maximum atomic E-state index is 10.3. The van der Waals surface area contributed by atoms with Crippen LogP contribution in [0.15, 0.2) is 0 Å². The summed E-state index contributed by atoms with van der Waals surface area (Å²) in [6, 6.07) is 0.476. The summed E-state index contributed by atoms with van der Waals surface area (Å²) in [6.07, 6.45) is 4.18. The second-order valence-corrected chi connectivity index (χ2v) is 5.90. The second kappa shape index (κ2) is 6.36. The Morgan fingerprint density at radius 2 is 1.89 bits per heavy atom. The van der Waals surface area contributed by atoms with E-state index in [9.17, 15) is 5.11 Å². The van der Waals surface area contributed by atoms with Gasteiger partial charge in [-0.05, 0) is 32.6 Å². The maximum absolute atomic E-state index is 10.3. The monoisotopic (exact) mass is 257 g/mol. The van der Waals surface area contributed by atoms with Crippen molar-refractivity contribution in [3.8, 4) is 0 Å². The fourth-order valence-electron chi connectivity index (χ4n) is 2.88. The summed E-state index contributed by atoms with van der Waals surface area (Å²) in [5.74, 6) is 0. The molecule has 3 nitrogen and oxygen atoms in total. The van der Waals surface area contributed by atoms with Crippen molar-refractivity contribution in [2.24, 2.45) is 5.41 Å². The zero-order chi connectivity index (χ0) is 13.8. The normalized spacial score (nSPS) is 32.3. The van der Waals surface area contributed by atoms with Crippen LogP contribution in [0.4, 0.5) is 0 Å². The predicted molar refractivity (Wildman–Crippen MR) is 75.8 cm³/mol. The van der Waals surface area contributed by atoms with Crippen molar-refractivity contribution in [2.45, 2.75) is 78.0 Å². The smallest absolute Gasteiger partial charge is 0.0766 e. The summed E-state index contributed by atoms with van der Waals surface area (Å²) in [7, 11) is 0. The number of nitrogens with one attached hydrogen (secondary N) is 1. The van der Waals surface area contributed by atoms with Crippen molar-refractivity contribution in [1.29, 1.82) is 0 Å². The molecule has 1 rings (SSSR count). The van der Waals surface area contributed by atoms with Crippen molar-refractivity contribution in [1.82, 2.24) is 5.32 Å². The van der Waals surface area contributed by atoms with E-state index in [0.717, 1.165) is 32.3 Å². The van der Waals surface area contributed by atoms with Crippen molar-refractivity contribution < 1.29 is 9.84 Å². The summed E-state index contributed by atoms with van der Waals surface area (Å²) in [5.41, 5.74) is -0.330. The lowest BCUT2D eigenvalue weighted by Gasteiger charge is -2.54. The van der Waals surface area contributed by atoms with E-state index in [2.05, 4.69) is 26.1 Å². The SMILES string of the molecule is CCOC1CC(NCC(O)(CC)CC)C1(C)CC. The summed E-state index contributed by atoms with van der Waals surface area (Å²) >= 11 is 0. The number of aliphatic hydroxyl groups is 1. The molecular formula is C15H31NO2. The standard InChI is InChI=1S/C15H31NO2/c1-6-14(5)12(10-13(14)18-9-4)16-11-15(17,7-2)8-3/h12-13,16-17H,6-11H2,1-5H3. The highest BCUT2D eigenvalue weighted by Crippen LogP contribution is 2.46. The highest BCUT2D eigenvalue weighted by Gasteiger charge is 2.51. The fraction of sp³-hybridized carbons (Fsp3) is 1.00. The van der Waals surface area contributed by atoms with Gasteiger partial charge >= 0.3 is 0 Å². The molecule has 0 radical (unpaired) electrons. The van der Waals surface area contributed by atoms with Crippen molar-refractivity contribution in [3.63, 3.8) is 0 Å². The first-order chi connectivity index (χ1) is 8.45. The highest BCUT2D eigenvalue weighted by atomic mass is 16.5. The van der Waals surface area contributed by atoms with Crippen LogP contribution in [0.25, 0.3) is 0 Å². The lowest BCUT2D eigenvalue weighted by Crippen LogP contribution is -2.63. The third-order valence-corrected chi connectivity index (χ3v) is 5.10. The minimum atomic E-state index is -0.550. The van der Waals surface area contributed by atoms with E-state index in [4.69, 9.17) is 4.74 Å². The second-order valence-electron chi connectivity index (χ2n) is 5.90. The number of hydrogen-bond acceptors (Lipinski definition) is 3. The van der Waals surface area contributed by atoms with E-state index >= 15 is 0 Å². The van der Waals surface area contributed by atoms with Crippen LogP contribution in [-0.4, -0.2) is 36.0 Å². The first-order valence-corrected chi connectivity index (χ1v) is 7.53. The van der Waals surface area contributed by atoms with Crippen LogP contribution in [-0.2, 0) is 4.74 Å². The van der Waals surface area contributed by atoms with Gasteiger partial charge in [0, 0.05) is 24.6 Å². The number of hydrogen-bond donors (Lipinski definition) is 2. The molecule has 0 heterocycles. The van der Waals surface area contributed by atoms with Gasteiger partial charge < -0.3 is 15.2 Å². The first-order valence-electron chi connectivity index (χ1n) is 7.53. The lowest BCUT2D eigenvalue weighted by atomic mass is 9.61. The Bertz CT molecular complexity index is 253. The zero-order valence-corrected chi connectivity index (χ0v) is 12.8. The van der Waals surface area contributed by atoms with E-state index in [1.54, 1.807) is 0 Å². The molecule has 0 spiro atoms. The van der Waals surface area contributed by atoms with Crippen molar-refractivity contribution in [3.05, 3.63) is 0 Å². The van der Waals surface area contributed by atoms with Gasteiger partial charge in [-0.3, -0.25) is 0 Å². The third kappa shape index (κ3) is 3.06. The Kier molecular flexibility index (Phi) is 5.63. The Morgan fingerprint density at radius 1 is 1.28 bits per heavy atom. The summed E-state index contributed by atoms with van der Waals surface area (Å²) < 4.78 is 5.80. The molecule has 0 amide bonds. The van der Waals surface area contributed by atoms with Crippen LogP contribution >= 0.6 is 0 Å². The summed E-state index contributed by atoms with van der Waals surface area (Å²) in [5, 5.41) is 13.9. The Balaban J connectivity index is 2.49. The average Bonchev–Trinajstić information content (AvgIpc) is 2.40. The molecule has 3 atom stereocenters. The van der Waals surface area contributed by atoms with Gasteiger partial charge in [-0.2, -0.15) is 0 Å². The van der Waals surface area contributed by atoms with E-state index in [1.807, 2.05) is 13.8 Å². The van der Waals surface area contributed by atoms with Gasteiger partial charge in [0.1, 0.15) is 0 Å². The molecule has 1 fully saturated rings. The van der Waals surface area contributed by atoms with E-state index < -0.39 is 5.60 Å². The van der Waals surface area contributed by atoms with Crippen molar-refractivity contribution >= 4 is 0 Å². The van der Waals surface area contributed by atoms with E-state index in [1.165, 1.54) is 0 Å². The highest BCUT2D eigenvalue weighted by molar-refractivity contribution is 5.05. The summed E-state index contributed by atoms with van der Waals surface area (Å²) in [6.45, 7) is 12.2. The number of ether oxygens (including phenoxy) is 1. The molecule has 1 saturated carbocycles. The lowest BCUT2D eigenvalue weighted by molar-refractivity contribution is -0.129. The minimum absolute atomic E-state index is 0.221. The van der Waals surface area contributed by atoms with Crippen LogP contribution in [0.5, 0.6) is 0 Å². The molecule has 0 saturated heterocycles. The van der Waals surface area contributed by atoms with Gasteiger partial charge in [0.05, 0.1) is 11.7 Å². The van der Waals surface area contributed by atoms with Crippen LogP contribution in [0, 0.1) is 5.41 Å². The van der Waals surface area contributed by atoms with Crippen LogP contribution < -0.4 is 5.32 Å². The quantitative estimate of drug-likeness (QED) is 0.702. The fourth-order valence-corrected chi connectivity index (χ4v) is 2.88. The molecule has 3 heteroatoms. The molecule has 3 unspecified atom stereocenters. The van der Waals surface area contributed by atoms with Crippen molar-refractivity contribution in [2.75, 3.05) is 13.2 Å². The van der Waals surface area contributed by atoms with Gasteiger partial charge in [-0.1, -0.05) is 27.7 Å². The molecular weight excluding hydrogens is 226 g/mol. The molecule has 0 aromatic rings. The number of rotatable bonds is 8. The third-order valence-electron chi connectivity index (χ3n) is 5.10. The Hall–Kier alpha value is -0.120. The van der Waals surface area contributed by atoms with Gasteiger partial charge in [0.15, 0.2) is 0 Å². The van der Waals surface area contributed by atoms with E-state index in [-0.39, 0.29) is 5.41 Å². The molecule has 0 aromatic carbocycles. The van der Waals surface area contributed by atoms with Gasteiger partial charge in [-0.25, -0.2) is 0 Å². The topological polar surface area (TPSA) is 41.5 Å². The molecule has 2 N–H and O–H groups in total. The average molecular weight is 257 g/mol. The van der Waals surface area contributed by atoms with Gasteiger partial charge in [0.25, 0.3) is 0 Å². The molecule has 0 bridgehead atoms.